The average molecular weight is 186 g/mol. The molecule has 0 spiro atoms. The maximum atomic E-state index is 5.72. The number of fused-ring (bicyclic) bond motifs is 2. The first-order chi connectivity index (χ1) is 6.93. The van der Waals surface area contributed by atoms with Gasteiger partial charge in [0.05, 0.1) is 5.69 Å². The largest absolute Gasteiger partial charge is 0.439 e. The zero-order valence-corrected chi connectivity index (χ0v) is 7.58. The van der Waals surface area contributed by atoms with Gasteiger partial charge < -0.3 is 15.0 Å². The molecule has 0 amide bonds. The third-order valence-electron chi connectivity index (χ3n) is 2.36. The molecule has 0 aliphatic carbocycles. The minimum Gasteiger partial charge on any atom is -0.439 e. The monoisotopic (exact) mass is 186 g/mol. The molecule has 70 valence electrons. The van der Waals surface area contributed by atoms with Crippen molar-refractivity contribution in [3.63, 3.8) is 0 Å². The summed E-state index contributed by atoms with van der Waals surface area (Å²) >= 11 is 0. The molecule has 0 saturated heterocycles. The van der Waals surface area contributed by atoms with E-state index in [-0.39, 0.29) is 0 Å². The van der Waals surface area contributed by atoms with Crippen molar-refractivity contribution in [2.45, 2.75) is 6.54 Å². The first-order valence-electron chi connectivity index (χ1n) is 4.60. The van der Waals surface area contributed by atoms with Crippen molar-refractivity contribution in [3.8, 4) is 11.6 Å². The van der Waals surface area contributed by atoms with Crippen LogP contribution in [-0.2, 0) is 6.54 Å². The molecule has 1 aliphatic heterocycles. The highest BCUT2D eigenvalue weighted by Gasteiger charge is 2.13. The Labute approximate surface area is 81.7 Å². The molecule has 1 aromatic carbocycles. The van der Waals surface area contributed by atoms with Crippen LogP contribution in [0.3, 0.4) is 0 Å². The summed E-state index contributed by atoms with van der Waals surface area (Å²) in [6, 6.07) is 9.96. The van der Waals surface area contributed by atoms with E-state index in [1.807, 2.05) is 36.5 Å². The van der Waals surface area contributed by atoms with Gasteiger partial charge in [0.2, 0.25) is 5.88 Å². The van der Waals surface area contributed by atoms with Crippen LogP contribution >= 0.6 is 0 Å². The Morgan fingerprint density at radius 2 is 2.07 bits per heavy atom. The molecule has 0 saturated carbocycles. The van der Waals surface area contributed by atoms with Crippen molar-refractivity contribution in [3.05, 3.63) is 42.1 Å². The Balaban J connectivity index is 2.10. The average Bonchev–Trinajstić information content (AvgIpc) is 2.58. The van der Waals surface area contributed by atoms with Crippen molar-refractivity contribution in [2.24, 2.45) is 0 Å². The van der Waals surface area contributed by atoms with Crippen molar-refractivity contribution in [1.82, 2.24) is 4.98 Å². The number of hydrogen-bond donors (Lipinski definition) is 2. The van der Waals surface area contributed by atoms with Gasteiger partial charge in [-0.1, -0.05) is 12.1 Å². The summed E-state index contributed by atoms with van der Waals surface area (Å²) in [5.41, 5.74) is 2.19. The second-order valence-electron chi connectivity index (χ2n) is 3.28. The number of ether oxygens (including phenoxy) is 1. The lowest BCUT2D eigenvalue weighted by Gasteiger charge is -2.05. The minimum absolute atomic E-state index is 0.801. The lowest BCUT2D eigenvalue weighted by atomic mass is 10.3. The van der Waals surface area contributed by atoms with Crippen molar-refractivity contribution in [1.29, 1.82) is 0 Å². The van der Waals surface area contributed by atoms with Crippen LogP contribution in [-0.4, -0.2) is 4.98 Å². The Morgan fingerprint density at radius 3 is 3.07 bits per heavy atom. The molecule has 1 aromatic heterocycles. The molecule has 0 unspecified atom stereocenters. The lowest BCUT2D eigenvalue weighted by Crippen LogP contribution is -1.95. The molecule has 14 heavy (non-hydrogen) atoms. The van der Waals surface area contributed by atoms with Gasteiger partial charge in [0.25, 0.3) is 0 Å². The number of hydrogen-bond acceptors (Lipinski definition) is 2. The summed E-state index contributed by atoms with van der Waals surface area (Å²) in [5, 5.41) is 3.32. The topological polar surface area (TPSA) is 37.0 Å². The summed E-state index contributed by atoms with van der Waals surface area (Å²) in [6.07, 6.45) is 1.89. The zero-order chi connectivity index (χ0) is 9.38. The number of rotatable bonds is 0. The van der Waals surface area contributed by atoms with Crippen LogP contribution in [0.2, 0.25) is 0 Å². The summed E-state index contributed by atoms with van der Waals surface area (Å²) in [5.74, 6) is 1.70. The number of aromatic nitrogens is 1. The van der Waals surface area contributed by atoms with Gasteiger partial charge in [0.1, 0.15) is 0 Å². The third-order valence-corrected chi connectivity index (χ3v) is 2.36. The first kappa shape index (κ1) is 7.50. The number of H-pyrrole nitrogens is 1. The maximum absolute atomic E-state index is 5.72. The molecule has 2 N–H and O–H groups in total. The molecule has 2 aromatic rings. The summed E-state index contributed by atoms with van der Waals surface area (Å²) in [6.45, 7) is 0.801. The van der Waals surface area contributed by atoms with Crippen LogP contribution in [0, 0.1) is 0 Å². The fourth-order valence-electron chi connectivity index (χ4n) is 1.62. The fourth-order valence-corrected chi connectivity index (χ4v) is 1.62. The van der Waals surface area contributed by atoms with E-state index in [9.17, 15) is 0 Å². The maximum Gasteiger partial charge on any atom is 0.202 e. The van der Waals surface area contributed by atoms with Gasteiger partial charge in [-0.2, -0.15) is 0 Å². The molecular weight excluding hydrogens is 176 g/mol. The van der Waals surface area contributed by atoms with Crippen LogP contribution in [0.1, 0.15) is 5.56 Å². The van der Waals surface area contributed by atoms with Gasteiger partial charge in [0.15, 0.2) is 5.75 Å². The van der Waals surface area contributed by atoms with Crippen LogP contribution in [0.5, 0.6) is 11.6 Å². The Hall–Kier alpha value is -1.90. The summed E-state index contributed by atoms with van der Waals surface area (Å²) in [4.78, 5) is 3.08. The van der Waals surface area contributed by atoms with Crippen LogP contribution < -0.4 is 10.1 Å². The minimum atomic E-state index is 0.801. The third kappa shape index (κ3) is 1.06. The normalized spacial score (nSPS) is 13.1. The SMILES string of the molecule is c1ccc2c(c1)NCc1cc[nH]c1O2. The van der Waals surface area contributed by atoms with E-state index in [0.29, 0.717) is 0 Å². The molecule has 0 radical (unpaired) electrons. The zero-order valence-electron chi connectivity index (χ0n) is 7.58. The number of benzene rings is 1. The van der Waals surface area contributed by atoms with Crippen molar-refractivity contribution in [2.75, 3.05) is 5.32 Å². The highest BCUT2D eigenvalue weighted by molar-refractivity contribution is 5.59. The summed E-state index contributed by atoms with van der Waals surface area (Å²) in [7, 11) is 0. The Morgan fingerprint density at radius 1 is 1.14 bits per heavy atom. The highest BCUT2D eigenvalue weighted by atomic mass is 16.5. The van der Waals surface area contributed by atoms with E-state index in [0.717, 1.165) is 29.4 Å². The Kier molecular flexibility index (Phi) is 1.50. The second kappa shape index (κ2) is 2.80. The molecule has 3 heteroatoms. The standard InChI is InChI=1S/C11H10N2O/c1-2-4-10-9(3-1)13-7-8-5-6-12-11(8)14-10/h1-6,12-13H,7H2. The van der Waals surface area contributed by atoms with E-state index in [2.05, 4.69) is 10.3 Å². The van der Waals surface area contributed by atoms with E-state index < -0.39 is 0 Å². The van der Waals surface area contributed by atoms with Crippen LogP contribution in [0.25, 0.3) is 0 Å². The van der Waals surface area contributed by atoms with Gasteiger partial charge >= 0.3 is 0 Å². The van der Waals surface area contributed by atoms with E-state index in [1.54, 1.807) is 0 Å². The van der Waals surface area contributed by atoms with Crippen LogP contribution in [0.15, 0.2) is 36.5 Å². The number of aromatic amines is 1. The van der Waals surface area contributed by atoms with Gasteiger partial charge in [0, 0.05) is 18.3 Å². The summed E-state index contributed by atoms with van der Waals surface area (Å²) < 4.78 is 5.72. The molecule has 3 rings (SSSR count). The molecule has 2 heterocycles. The molecular formula is C11H10N2O. The predicted molar refractivity (Wildman–Crippen MR) is 54.6 cm³/mol. The van der Waals surface area contributed by atoms with Gasteiger partial charge in [-0.25, -0.2) is 0 Å². The lowest BCUT2D eigenvalue weighted by molar-refractivity contribution is 0.467. The molecule has 3 nitrogen and oxygen atoms in total. The first-order valence-corrected chi connectivity index (χ1v) is 4.60. The smallest absolute Gasteiger partial charge is 0.202 e. The second-order valence-corrected chi connectivity index (χ2v) is 3.28. The van der Waals surface area contributed by atoms with Crippen molar-refractivity contribution < 1.29 is 4.74 Å². The number of nitrogens with one attached hydrogen (secondary N) is 2. The van der Waals surface area contributed by atoms with E-state index in [4.69, 9.17) is 4.74 Å². The fraction of sp³-hybridized carbons (Fsp3) is 0.0909. The van der Waals surface area contributed by atoms with E-state index in [1.165, 1.54) is 0 Å². The highest BCUT2D eigenvalue weighted by Crippen LogP contribution is 2.33. The van der Waals surface area contributed by atoms with Crippen molar-refractivity contribution >= 4 is 5.69 Å². The van der Waals surface area contributed by atoms with Gasteiger partial charge in [-0.3, -0.25) is 0 Å². The predicted octanol–water partition coefficient (Wildman–Crippen LogP) is 2.73. The molecule has 0 atom stereocenters. The van der Waals surface area contributed by atoms with Gasteiger partial charge in [-0.15, -0.1) is 0 Å². The number of anilines is 1. The molecule has 0 fully saturated rings. The van der Waals surface area contributed by atoms with Gasteiger partial charge in [-0.05, 0) is 18.2 Å². The molecule has 1 aliphatic rings. The van der Waals surface area contributed by atoms with E-state index >= 15 is 0 Å². The quantitative estimate of drug-likeness (QED) is 0.663. The van der Waals surface area contributed by atoms with Crippen LogP contribution in [0.4, 0.5) is 5.69 Å². The molecule has 0 bridgehead atoms. The Bertz CT molecular complexity index is 462. The number of para-hydroxylation sites is 2.